The van der Waals surface area contributed by atoms with Gasteiger partial charge in [0.2, 0.25) is 0 Å². The van der Waals surface area contributed by atoms with Crippen LogP contribution in [0.4, 0.5) is 34.1 Å². The fourth-order valence-electron chi connectivity index (χ4n) is 5.76. The summed E-state index contributed by atoms with van der Waals surface area (Å²) in [6, 6.07) is 22.7. The Hall–Kier alpha value is -6.51. The number of phenolic OH excluding ortho intramolecular Hbond substituents is 2. The summed E-state index contributed by atoms with van der Waals surface area (Å²) >= 11 is 0. The van der Waals surface area contributed by atoms with Crippen LogP contribution in [0.5, 0.6) is 11.5 Å². The first-order chi connectivity index (χ1) is 23.0. The lowest BCUT2D eigenvalue weighted by atomic mass is 9.82. The normalized spacial score (nSPS) is 13.1. The molecule has 0 amide bonds. The van der Waals surface area contributed by atoms with E-state index in [1.54, 1.807) is 36.4 Å². The van der Waals surface area contributed by atoms with Gasteiger partial charge in [0.1, 0.15) is 16.3 Å². The average molecular weight is 659 g/mol. The zero-order valence-corrected chi connectivity index (χ0v) is 25.3. The van der Waals surface area contributed by atoms with E-state index in [-0.39, 0.29) is 61.5 Å². The molecule has 7 rings (SSSR count). The smallest absolute Gasteiger partial charge is 0.296 e. The molecule has 6 aromatic carbocycles. The highest BCUT2D eigenvalue weighted by Gasteiger charge is 2.34. The van der Waals surface area contributed by atoms with Gasteiger partial charge in [-0.15, -0.1) is 20.5 Å². The van der Waals surface area contributed by atoms with Crippen molar-refractivity contribution in [1.82, 2.24) is 0 Å². The van der Waals surface area contributed by atoms with Crippen molar-refractivity contribution in [3.63, 3.8) is 0 Å². The summed E-state index contributed by atoms with van der Waals surface area (Å²) in [4.78, 5) is 27.0. The summed E-state index contributed by atoms with van der Waals surface area (Å²) in [6.07, 6.45) is 0. The molecule has 0 saturated heterocycles. The van der Waals surface area contributed by atoms with E-state index < -0.39 is 38.0 Å². The van der Waals surface area contributed by atoms with Crippen molar-refractivity contribution in [3.8, 4) is 11.5 Å². The quantitative estimate of drug-likeness (QED) is 0.0702. The molecule has 1 aliphatic rings. The molecule has 1 aliphatic carbocycles. The second-order valence-electron chi connectivity index (χ2n) is 10.8. The fraction of sp³-hybridized carbons (Fsp3) is 0. The van der Waals surface area contributed by atoms with E-state index in [1.165, 1.54) is 48.5 Å². The Bertz CT molecular complexity index is 2580. The lowest BCUT2D eigenvalue weighted by Gasteiger charge is -2.19. The zero-order valence-electron chi connectivity index (χ0n) is 24.5. The number of azo groups is 2. The number of benzene rings is 6. The Kier molecular flexibility index (Phi) is 6.96. The Morgan fingerprint density at radius 2 is 1.06 bits per heavy atom. The third kappa shape index (κ3) is 4.79. The molecular formula is C34H22N6O7S. The SMILES string of the molecule is Nc1cccc2ccc(N=Nc3cccc4c3C(=O)c3cccc(N=Nc5c(S(=O)(=O)O)cc6cccc(N)c6c5O)c3C4=O)c(O)c12. The number of anilines is 2. The number of fused-ring (bicyclic) bond motifs is 4. The van der Waals surface area contributed by atoms with Crippen molar-refractivity contribution in [1.29, 1.82) is 0 Å². The van der Waals surface area contributed by atoms with Crippen molar-refractivity contribution in [2.45, 2.75) is 4.90 Å². The average Bonchev–Trinajstić information content (AvgIpc) is 3.05. The number of carbonyl (C=O) groups excluding carboxylic acids is 2. The van der Waals surface area contributed by atoms with Crippen molar-refractivity contribution in [3.05, 3.63) is 113 Å². The number of nitrogens with zero attached hydrogens (tertiary/aromatic N) is 4. The Balaban J connectivity index is 1.31. The lowest BCUT2D eigenvalue weighted by Crippen LogP contribution is -2.21. The minimum Gasteiger partial charge on any atom is -0.505 e. The summed E-state index contributed by atoms with van der Waals surface area (Å²) in [5.74, 6) is -2.03. The molecule has 0 fully saturated rings. The van der Waals surface area contributed by atoms with Crippen molar-refractivity contribution >= 4 is 77.4 Å². The number of ketones is 2. The molecule has 0 bridgehead atoms. The summed E-state index contributed by atoms with van der Waals surface area (Å²) in [5, 5.41) is 39.6. The molecule has 48 heavy (non-hydrogen) atoms. The maximum atomic E-state index is 13.9. The first-order valence-corrected chi connectivity index (χ1v) is 15.6. The summed E-state index contributed by atoms with van der Waals surface area (Å²) in [7, 11) is -4.90. The van der Waals surface area contributed by atoms with Crippen LogP contribution in [-0.4, -0.2) is 34.8 Å². The molecule has 0 aromatic heterocycles. The number of phenols is 2. The predicted molar refractivity (Wildman–Crippen MR) is 178 cm³/mol. The van der Waals surface area contributed by atoms with E-state index in [0.29, 0.717) is 16.5 Å². The van der Waals surface area contributed by atoms with Gasteiger partial charge in [0.15, 0.2) is 23.1 Å². The van der Waals surface area contributed by atoms with Crippen molar-refractivity contribution in [2.75, 3.05) is 11.5 Å². The van der Waals surface area contributed by atoms with Gasteiger partial charge in [-0.1, -0.05) is 54.6 Å². The Morgan fingerprint density at radius 1 is 0.562 bits per heavy atom. The molecule has 0 unspecified atom stereocenters. The molecule has 7 N–H and O–H groups in total. The van der Waals surface area contributed by atoms with Crippen LogP contribution in [0.3, 0.4) is 0 Å². The maximum Gasteiger partial charge on any atom is 0.296 e. The number of carbonyl (C=O) groups is 2. The van der Waals surface area contributed by atoms with E-state index >= 15 is 0 Å². The monoisotopic (exact) mass is 658 g/mol. The van der Waals surface area contributed by atoms with Crippen molar-refractivity contribution < 1.29 is 32.8 Å². The maximum absolute atomic E-state index is 13.9. The molecule has 14 heteroatoms. The molecule has 0 heterocycles. The molecule has 13 nitrogen and oxygen atoms in total. The molecule has 0 radical (unpaired) electrons. The van der Waals surface area contributed by atoms with Gasteiger partial charge in [-0.05, 0) is 47.2 Å². The largest absolute Gasteiger partial charge is 0.505 e. The molecular weight excluding hydrogens is 636 g/mol. The fourth-order valence-corrected chi connectivity index (χ4v) is 6.42. The van der Waals surface area contributed by atoms with E-state index in [9.17, 15) is 32.8 Å². The van der Waals surface area contributed by atoms with Crippen LogP contribution in [0.2, 0.25) is 0 Å². The van der Waals surface area contributed by atoms with Crippen LogP contribution in [0.25, 0.3) is 21.5 Å². The van der Waals surface area contributed by atoms with Crippen LogP contribution in [0.15, 0.2) is 116 Å². The second-order valence-corrected chi connectivity index (χ2v) is 12.2. The molecule has 0 saturated carbocycles. The van der Waals surface area contributed by atoms with E-state index in [4.69, 9.17) is 11.5 Å². The van der Waals surface area contributed by atoms with E-state index in [0.717, 1.165) is 6.07 Å². The molecule has 0 aliphatic heterocycles. The first kappa shape index (κ1) is 30.2. The highest BCUT2D eigenvalue weighted by Crippen LogP contribution is 2.45. The number of nitrogens with two attached hydrogens (primary N) is 2. The summed E-state index contributed by atoms with van der Waals surface area (Å²) in [6.45, 7) is 0. The minimum absolute atomic E-state index is 0.00136. The van der Waals surface area contributed by atoms with Gasteiger partial charge in [0, 0.05) is 33.3 Å². The van der Waals surface area contributed by atoms with Gasteiger partial charge in [0.05, 0.1) is 22.5 Å². The van der Waals surface area contributed by atoms with E-state index in [2.05, 4.69) is 20.5 Å². The topological polar surface area (TPSA) is 230 Å². The van der Waals surface area contributed by atoms with Crippen LogP contribution in [0.1, 0.15) is 31.8 Å². The number of rotatable bonds is 5. The summed E-state index contributed by atoms with van der Waals surface area (Å²) in [5.41, 5.74) is 11.8. The Labute approximate surface area is 271 Å². The Morgan fingerprint density at radius 3 is 1.65 bits per heavy atom. The molecule has 0 spiro atoms. The predicted octanol–water partition coefficient (Wildman–Crippen LogP) is 7.42. The molecule has 6 aromatic rings. The lowest BCUT2D eigenvalue weighted by molar-refractivity contribution is 0.0980. The zero-order chi connectivity index (χ0) is 33.9. The third-order valence-corrected chi connectivity index (χ3v) is 8.84. The molecule has 0 atom stereocenters. The minimum atomic E-state index is -4.90. The highest BCUT2D eigenvalue weighted by molar-refractivity contribution is 7.86. The summed E-state index contributed by atoms with van der Waals surface area (Å²) < 4.78 is 34.4. The van der Waals surface area contributed by atoms with Crippen molar-refractivity contribution in [2.24, 2.45) is 20.5 Å². The number of aromatic hydroxyl groups is 2. The van der Waals surface area contributed by atoms with Gasteiger partial charge in [0.25, 0.3) is 10.1 Å². The van der Waals surface area contributed by atoms with E-state index in [1.807, 2.05) is 0 Å². The number of nitrogen functional groups attached to an aromatic ring is 2. The van der Waals surface area contributed by atoms with Gasteiger partial charge >= 0.3 is 0 Å². The van der Waals surface area contributed by atoms with Crippen LogP contribution < -0.4 is 11.5 Å². The second kappa shape index (κ2) is 11.1. The standard InChI is InChI=1S/C34H22N6O7S/c35-20-9-1-5-16-13-14-24(33(43)26(16)20)39-37-22-11-3-7-18-28(22)31(41)19-8-4-12-23(29(19)32(18)42)38-40-30-25(48(45,46)47)15-17-6-2-10-21(36)27(17)34(30)44/h1-15,43-44H,35-36H2,(H,45,46,47). The van der Waals surface area contributed by atoms with Crippen LogP contribution in [0, 0.1) is 0 Å². The van der Waals surface area contributed by atoms with Gasteiger partial charge in [-0.25, -0.2) is 0 Å². The number of hydrogen-bond donors (Lipinski definition) is 5. The van der Waals surface area contributed by atoms with Gasteiger partial charge in [-0.2, -0.15) is 8.42 Å². The molecule has 236 valence electrons. The van der Waals surface area contributed by atoms with Gasteiger partial charge < -0.3 is 21.7 Å². The third-order valence-electron chi connectivity index (χ3n) is 7.97. The first-order valence-electron chi connectivity index (χ1n) is 14.2. The number of hydrogen-bond acceptors (Lipinski definition) is 12. The van der Waals surface area contributed by atoms with Crippen LogP contribution >= 0.6 is 0 Å². The highest BCUT2D eigenvalue weighted by atomic mass is 32.2. The van der Waals surface area contributed by atoms with Crippen LogP contribution in [-0.2, 0) is 10.1 Å². The van der Waals surface area contributed by atoms with Gasteiger partial charge in [-0.3, -0.25) is 14.1 Å².